The van der Waals surface area contributed by atoms with Crippen LogP contribution in [0.15, 0.2) is 60.7 Å². The summed E-state index contributed by atoms with van der Waals surface area (Å²) in [6.07, 6.45) is 0. The number of hydrogen-bond acceptors (Lipinski definition) is 1. The van der Waals surface area contributed by atoms with Crippen LogP contribution in [0.4, 0.5) is 0 Å². The van der Waals surface area contributed by atoms with Crippen molar-refractivity contribution in [3.63, 3.8) is 0 Å². The first kappa shape index (κ1) is 10.5. The highest BCUT2D eigenvalue weighted by Gasteiger charge is 2.27. The molecule has 0 atom stereocenters. The first-order valence-electron chi connectivity index (χ1n) is 6.23. The molecule has 2 aromatic rings. The van der Waals surface area contributed by atoms with Crippen LogP contribution in [-0.2, 0) is 6.54 Å². The van der Waals surface area contributed by atoms with E-state index in [-0.39, 0.29) is 0 Å². The van der Waals surface area contributed by atoms with E-state index in [0.717, 1.165) is 12.5 Å². The van der Waals surface area contributed by atoms with E-state index in [1.54, 1.807) is 0 Å². The number of likely N-dealkylation sites (tertiary alicyclic amines) is 1. The molecule has 0 radical (unpaired) electrons. The molecular formula is C16H17N. The lowest BCUT2D eigenvalue weighted by molar-refractivity contribution is 0.139. The predicted molar refractivity (Wildman–Crippen MR) is 70.9 cm³/mol. The van der Waals surface area contributed by atoms with Gasteiger partial charge in [0, 0.05) is 25.6 Å². The molecule has 86 valence electrons. The lowest BCUT2D eigenvalue weighted by Gasteiger charge is -2.39. The van der Waals surface area contributed by atoms with Crippen molar-refractivity contribution in [2.24, 2.45) is 0 Å². The van der Waals surface area contributed by atoms with Crippen molar-refractivity contribution in [3.8, 4) is 0 Å². The average molecular weight is 223 g/mol. The molecule has 1 aliphatic rings. The van der Waals surface area contributed by atoms with Gasteiger partial charge >= 0.3 is 0 Å². The molecule has 0 saturated carbocycles. The van der Waals surface area contributed by atoms with E-state index >= 15 is 0 Å². The third-order valence-electron chi connectivity index (χ3n) is 3.48. The van der Waals surface area contributed by atoms with Crippen LogP contribution in [0.25, 0.3) is 0 Å². The van der Waals surface area contributed by atoms with Crippen LogP contribution in [0.1, 0.15) is 17.0 Å². The number of rotatable bonds is 3. The van der Waals surface area contributed by atoms with Crippen LogP contribution in [0.3, 0.4) is 0 Å². The molecule has 1 heterocycles. The molecule has 17 heavy (non-hydrogen) atoms. The second-order valence-corrected chi connectivity index (χ2v) is 4.79. The van der Waals surface area contributed by atoms with Crippen LogP contribution in [0.5, 0.6) is 0 Å². The van der Waals surface area contributed by atoms with Crippen LogP contribution in [0, 0.1) is 0 Å². The van der Waals surface area contributed by atoms with Gasteiger partial charge in [-0.25, -0.2) is 0 Å². The van der Waals surface area contributed by atoms with E-state index in [0.29, 0.717) is 0 Å². The molecule has 0 unspecified atom stereocenters. The second kappa shape index (κ2) is 4.72. The Morgan fingerprint density at radius 1 is 0.824 bits per heavy atom. The van der Waals surface area contributed by atoms with Crippen LogP contribution in [-0.4, -0.2) is 18.0 Å². The Balaban J connectivity index is 1.56. The minimum Gasteiger partial charge on any atom is -0.298 e. The first-order chi connectivity index (χ1) is 8.42. The summed E-state index contributed by atoms with van der Waals surface area (Å²) >= 11 is 0. The smallest absolute Gasteiger partial charge is 0.0234 e. The Hall–Kier alpha value is -1.60. The third-order valence-corrected chi connectivity index (χ3v) is 3.48. The van der Waals surface area contributed by atoms with Gasteiger partial charge in [0.25, 0.3) is 0 Å². The van der Waals surface area contributed by atoms with Gasteiger partial charge in [-0.2, -0.15) is 0 Å². The van der Waals surface area contributed by atoms with Crippen molar-refractivity contribution < 1.29 is 0 Å². The molecule has 1 fully saturated rings. The standard InChI is InChI=1S/C16H17N/c1-3-7-14(8-4-1)11-17-12-16(13-17)15-9-5-2-6-10-15/h1-10,16H,11-13H2. The molecule has 0 aromatic heterocycles. The van der Waals surface area contributed by atoms with Gasteiger partial charge < -0.3 is 0 Å². The van der Waals surface area contributed by atoms with Gasteiger partial charge in [-0.15, -0.1) is 0 Å². The van der Waals surface area contributed by atoms with Crippen molar-refractivity contribution in [1.82, 2.24) is 4.90 Å². The molecule has 0 N–H and O–H groups in total. The van der Waals surface area contributed by atoms with E-state index < -0.39 is 0 Å². The highest BCUT2D eigenvalue weighted by atomic mass is 15.2. The monoisotopic (exact) mass is 223 g/mol. The maximum atomic E-state index is 2.51. The number of hydrogen-bond donors (Lipinski definition) is 0. The highest BCUT2D eigenvalue weighted by molar-refractivity contribution is 5.23. The van der Waals surface area contributed by atoms with E-state index in [9.17, 15) is 0 Å². The van der Waals surface area contributed by atoms with E-state index in [1.165, 1.54) is 24.2 Å². The SMILES string of the molecule is c1ccc(CN2CC(c3ccccc3)C2)cc1. The maximum Gasteiger partial charge on any atom is 0.0234 e. The molecule has 3 rings (SSSR count). The molecule has 0 aliphatic carbocycles. The first-order valence-corrected chi connectivity index (χ1v) is 6.23. The van der Waals surface area contributed by atoms with E-state index in [1.807, 2.05) is 0 Å². The van der Waals surface area contributed by atoms with E-state index in [4.69, 9.17) is 0 Å². The summed E-state index contributed by atoms with van der Waals surface area (Å²) in [7, 11) is 0. The summed E-state index contributed by atoms with van der Waals surface area (Å²) in [6, 6.07) is 21.6. The summed E-state index contributed by atoms with van der Waals surface area (Å²) in [6.45, 7) is 3.47. The lowest BCUT2D eigenvalue weighted by atomic mass is 9.91. The largest absolute Gasteiger partial charge is 0.298 e. The Kier molecular flexibility index (Phi) is 2.93. The fraction of sp³-hybridized carbons (Fsp3) is 0.250. The second-order valence-electron chi connectivity index (χ2n) is 4.79. The van der Waals surface area contributed by atoms with Gasteiger partial charge in [0.1, 0.15) is 0 Å². The summed E-state index contributed by atoms with van der Waals surface area (Å²) in [5.74, 6) is 0.736. The molecule has 0 amide bonds. The minimum absolute atomic E-state index is 0.736. The topological polar surface area (TPSA) is 3.24 Å². The van der Waals surface area contributed by atoms with Gasteiger partial charge in [-0.3, -0.25) is 4.90 Å². The van der Waals surface area contributed by atoms with Crippen molar-refractivity contribution in [1.29, 1.82) is 0 Å². The van der Waals surface area contributed by atoms with Crippen LogP contribution >= 0.6 is 0 Å². The molecule has 1 aliphatic heterocycles. The van der Waals surface area contributed by atoms with Gasteiger partial charge in [0.15, 0.2) is 0 Å². The lowest BCUT2D eigenvalue weighted by Crippen LogP contribution is -2.44. The van der Waals surface area contributed by atoms with Crippen LogP contribution in [0.2, 0.25) is 0 Å². The van der Waals surface area contributed by atoms with Crippen molar-refractivity contribution in [2.45, 2.75) is 12.5 Å². The van der Waals surface area contributed by atoms with Crippen LogP contribution < -0.4 is 0 Å². The Morgan fingerprint density at radius 2 is 1.41 bits per heavy atom. The van der Waals surface area contributed by atoms with Gasteiger partial charge in [0.05, 0.1) is 0 Å². The normalized spacial score (nSPS) is 16.7. The van der Waals surface area contributed by atoms with Crippen molar-refractivity contribution in [2.75, 3.05) is 13.1 Å². The summed E-state index contributed by atoms with van der Waals surface area (Å²) in [5.41, 5.74) is 2.90. The Morgan fingerprint density at radius 3 is 2.06 bits per heavy atom. The fourth-order valence-corrected chi connectivity index (χ4v) is 2.48. The predicted octanol–water partition coefficient (Wildman–Crippen LogP) is 3.29. The van der Waals surface area contributed by atoms with Crippen molar-refractivity contribution in [3.05, 3.63) is 71.8 Å². The highest BCUT2D eigenvalue weighted by Crippen LogP contribution is 2.27. The molecular weight excluding hydrogens is 206 g/mol. The molecule has 2 aromatic carbocycles. The quantitative estimate of drug-likeness (QED) is 0.771. The fourth-order valence-electron chi connectivity index (χ4n) is 2.48. The minimum atomic E-state index is 0.736. The molecule has 0 spiro atoms. The molecule has 1 heteroatoms. The Labute approximate surface area is 103 Å². The van der Waals surface area contributed by atoms with Gasteiger partial charge in [-0.05, 0) is 11.1 Å². The maximum absolute atomic E-state index is 2.51. The third kappa shape index (κ3) is 2.40. The zero-order valence-electron chi connectivity index (χ0n) is 9.92. The average Bonchev–Trinajstić information content (AvgIpc) is 2.36. The number of nitrogens with zero attached hydrogens (tertiary/aromatic N) is 1. The zero-order valence-corrected chi connectivity index (χ0v) is 9.92. The zero-order chi connectivity index (χ0) is 11.5. The number of benzene rings is 2. The summed E-state index contributed by atoms with van der Waals surface area (Å²) in [4.78, 5) is 2.51. The summed E-state index contributed by atoms with van der Waals surface area (Å²) in [5, 5.41) is 0. The molecule has 0 bridgehead atoms. The van der Waals surface area contributed by atoms with Gasteiger partial charge in [-0.1, -0.05) is 60.7 Å². The van der Waals surface area contributed by atoms with E-state index in [2.05, 4.69) is 65.6 Å². The molecule has 1 nitrogen and oxygen atoms in total. The summed E-state index contributed by atoms with van der Waals surface area (Å²) < 4.78 is 0. The Bertz CT molecular complexity index is 457. The van der Waals surface area contributed by atoms with Gasteiger partial charge in [0.2, 0.25) is 0 Å². The molecule has 1 saturated heterocycles. The van der Waals surface area contributed by atoms with Crippen molar-refractivity contribution >= 4 is 0 Å².